The summed E-state index contributed by atoms with van der Waals surface area (Å²) in [5.41, 5.74) is 5.29. The summed E-state index contributed by atoms with van der Waals surface area (Å²) in [5.74, 6) is 0.450. The van der Waals surface area contributed by atoms with Crippen molar-refractivity contribution in [3.8, 4) is 34.4 Å². The number of likely N-dealkylation sites (tertiary alicyclic amines) is 1. The molecule has 280 valence electrons. The lowest BCUT2D eigenvalue weighted by Crippen LogP contribution is -2.52. The number of likely N-dealkylation sites (N-methyl/N-ethyl adjacent to an activating group) is 1. The van der Waals surface area contributed by atoms with Gasteiger partial charge in [-0.2, -0.15) is 5.26 Å². The van der Waals surface area contributed by atoms with E-state index in [0.717, 1.165) is 66.0 Å². The number of halogens is 1. The first-order valence-corrected chi connectivity index (χ1v) is 18.0. The van der Waals surface area contributed by atoms with Crippen LogP contribution in [0.5, 0.6) is 17.2 Å². The molecule has 2 atom stereocenters. The lowest BCUT2D eigenvalue weighted by atomic mass is 9.93. The third kappa shape index (κ3) is 9.65. The fourth-order valence-electron chi connectivity index (χ4n) is 6.35. The molecule has 4 aromatic rings. The largest absolute Gasteiger partial charge is 0.493 e. The van der Waals surface area contributed by atoms with Gasteiger partial charge in [0.1, 0.15) is 42.1 Å². The third-order valence-electron chi connectivity index (χ3n) is 9.98. The zero-order chi connectivity index (χ0) is 38.1. The van der Waals surface area contributed by atoms with Crippen LogP contribution in [0.3, 0.4) is 0 Å². The molecule has 0 spiro atoms. The number of aliphatic hydroxyl groups is 2. The fraction of sp³-hybridized carbons (Fsp3) is 0.390. The zero-order valence-electron chi connectivity index (χ0n) is 30.6. The van der Waals surface area contributed by atoms with E-state index in [1.807, 2.05) is 24.3 Å². The topological polar surface area (TPSA) is 149 Å². The summed E-state index contributed by atoms with van der Waals surface area (Å²) >= 11 is 6.78. The molecule has 1 saturated heterocycles. The Balaban J connectivity index is 1.34. The van der Waals surface area contributed by atoms with Crippen molar-refractivity contribution < 1.29 is 34.3 Å². The molecule has 53 heavy (non-hydrogen) atoms. The van der Waals surface area contributed by atoms with Gasteiger partial charge in [-0.15, -0.1) is 0 Å². The van der Waals surface area contributed by atoms with Crippen LogP contribution in [-0.4, -0.2) is 87.6 Å². The predicted octanol–water partition coefficient (Wildman–Crippen LogP) is 6.15. The van der Waals surface area contributed by atoms with Gasteiger partial charge in [-0.1, -0.05) is 41.9 Å². The molecule has 0 saturated carbocycles. The summed E-state index contributed by atoms with van der Waals surface area (Å²) in [7, 11) is 1.61. The van der Waals surface area contributed by atoms with E-state index in [1.165, 1.54) is 18.0 Å². The van der Waals surface area contributed by atoms with E-state index < -0.39 is 18.1 Å². The Morgan fingerprint density at radius 2 is 1.75 bits per heavy atom. The molecule has 3 aromatic carbocycles. The molecule has 0 bridgehead atoms. The first kappa shape index (κ1) is 39.5. The van der Waals surface area contributed by atoms with E-state index in [-0.39, 0.29) is 25.9 Å². The van der Waals surface area contributed by atoms with Crippen molar-refractivity contribution in [1.82, 2.24) is 14.8 Å². The number of pyridine rings is 1. The second-order valence-electron chi connectivity index (χ2n) is 13.7. The lowest BCUT2D eigenvalue weighted by molar-refractivity contribution is -0.152. The van der Waals surface area contributed by atoms with Crippen molar-refractivity contribution in [3.63, 3.8) is 0 Å². The zero-order valence-corrected chi connectivity index (χ0v) is 31.4. The van der Waals surface area contributed by atoms with Crippen LogP contribution >= 0.6 is 11.6 Å². The number of ether oxygens (including phenoxy) is 3. The Morgan fingerprint density at radius 1 is 1.02 bits per heavy atom. The van der Waals surface area contributed by atoms with Crippen molar-refractivity contribution in [3.05, 3.63) is 105 Å². The maximum atomic E-state index is 12.0. The number of β-amino-alcohol motifs (C(OH)–C–C–N with tert-alkyl or cyclic N) is 1. The van der Waals surface area contributed by atoms with Crippen molar-refractivity contribution in [2.45, 2.75) is 65.0 Å². The standard InChI is InChI=1S/C41H47ClN4O7/c1-27-31(8-5-9-34(27)35-10-6-11-37(28(35)2)51-15-7-13-46-14-12-33(48)23-46)25-53-39-18-38(52-24-30-16-29(19-43)20-44-21-30)32(17-36(39)42)22-45(4)41(3,26-47)40(49)50/h5-6,8-11,16-18,20-21,33,47-48H,7,12-15,22-26H2,1-4H3,(H,49,50)/t33-,41+/m1/s1. The molecular weight excluding hydrogens is 696 g/mol. The molecule has 5 rings (SSSR count). The molecular formula is C41H47ClN4O7. The van der Waals surface area contributed by atoms with Crippen LogP contribution in [0.4, 0.5) is 0 Å². The highest BCUT2D eigenvalue weighted by atomic mass is 35.5. The van der Waals surface area contributed by atoms with Crippen LogP contribution in [0.2, 0.25) is 5.02 Å². The van der Waals surface area contributed by atoms with Gasteiger partial charge in [0, 0.05) is 55.8 Å². The Hall–Kier alpha value is -4.70. The molecule has 1 fully saturated rings. The number of carboxylic acid groups (broad SMARTS) is 1. The predicted molar refractivity (Wildman–Crippen MR) is 202 cm³/mol. The SMILES string of the molecule is Cc1c(COc2cc(OCc3cncc(C#N)c3)c(CN(C)[C@@](C)(CO)C(=O)O)cc2Cl)cccc1-c1cccc(OCCCN2CC[C@@H](O)C2)c1C. The maximum absolute atomic E-state index is 12.0. The van der Waals surface area contributed by atoms with E-state index in [0.29, 0.717) is 39.8 Å². The highest BCUT2D eigenvalue weighted by molar-refractivity contribution is 6.32. The minimum absolute atomic E-state index is 0.0857. The number of benzene rings is 3. The number of carbonyl (C=O) groups is 1. The van der Waals surface area contributed by atoms with Gasteiger partial charge in [0.15, 0.2) is 0 Å². The van der Waals surface area contributed by atoms with Crippen LogP contribution in [-0.2, 0) is 24.6 Å². The maximum Gasteiger partial charge on any atom is 0.326 e. The molecule has 1 aliphatic heterocycles. The second kappa shape index (κ2) is 17.9. The summed E-state index contributed by atoms with van der Waals surface area (Å²) in [6, 6.07) is 19.3. The van der Waals surface area contributed by atoms with Gasteiger partial charge in [0.2, 0.25) is 0 Å². The summed E-state index contributed by atoms with van der Waals surface area (Å²) in [4.78, 5) is 19.9. The molecule has 0 radical (unpaired) electrons. The second-order valence-corrected chi connectivity index (χ2v) is 14.1. The molecule has 2 heterocycles. The number of hydrogen-bond donors (Lipinski definition) is 3. The molecule has 0 amide bonds. The first-order valence-electron chi connectivity index (χ1n) is 17.6. The first-order chi connectivity index (χ1) is 25.4. The molecule has 3 N–H and O–H groups in total. The summed E-state index contributed by atoms with van der Waals surface area (Å²) in [6.45, 7) is 8.52. The van der Waals surface area contributed by atoms with Gasteiger partial charge in [0.25, 0.3) is 0 Å². The average molecular weight is 743 g/mol. The Bertz CT molecular complexity index is 1950. The lowest BCUT2D eigenvalue weighted by Gasteiger charge is -2.33. The molecule has 0 unspecified atom stereocenters. The normalized spacial score (nSPS) is 15.6. The Morgan fingerprint density at radius 3 is 2.45 bits per heavy atom. The minimum Gasteiger partial charge on any atom is -0.493 e. The van der Waals surface area contributed by atoms with Crippen LogP contribution in [0.25, 0.3) is 11.1 Å². The van der Waals surface area contributed by atoms with Crippen LogP contribution in [0.15, 0.2) is 67.0 Å². The number of hydrogen-bond acceptors (Lipinski definition) is 10. The number of carboxylic acids is 1. The van der Waals surface area contributed by atoms with Gasteiger partial charge in [-0.05, 0) is 86.7 Å². The van der Waals surface area contributed by atoms with Crippen LogP contribution < -0.4 is 14.2 Å². The average Bonchev–Trinajstić information content (AvgIpc) is 3.57. The van der Waals surface area contributed by atoms with Crippen LogP contribution in [0.1, 0.15) is 53.1 Å². The molecule has 1 aromatic heterocycles. The highest BCUT2D eigenvalue weighted by Crippen LogP contribution is 2.37. The number of nitriles is 1. The molecule has 1 aliphatic rings. The van der Waals surface area contributed by atoms with Gasteiger partial charge < -0.3 is 34.4 Å². The number of nitrogens with zero attached hydrogens (tertiary/aromatic N) is 4. The summed E-state index contributed by atoms with van der Waals surface area (Å²) < 4.78 is 18.8. The van der Waals surface area contributed by atoms with E-state index in [4.69, 9.17) is 25.8 Å². The number of aromatic nitrogens is 1. The molecule has 0 aliphatic carbocycles. The highest BCUT2D eigenvalue weighted by Gasteiger charge is 2.37. The Labute approximate surface area is 315 Å². The van der Waals surface area contributed by atoms with Gasteiger partial charge in [-0.25, -0.2) is 0 Å². The quantitative estimate of drug-likeness (QED) is 0.107. The van der Waals surface area contributed by atoms with Crippen molar-refractivity contribution in [1.29, 1.82) is 5.26 Å². The summed E-state index contributed by atoms with van der Waals surface area (Å²) in [6.07, 6.45) is 4.56. The van der Waals surface area contributed by atoms with Crippen molar-refractivity contribution in [2.75, 3.05) is 39.9 Å². The van der Waals surface area contributed by atoms with Crippen LogP contribution in [0, 0.1) is 25.2 Å². The summed E-state index contributed by atoms with van der Waals surface area (Å²) in [5, 5.41) is 39.2. The number of rotatable bonds is 17. The number of aliphatic carboxylic acids is 1. The number of aliphatic hydroxyl groups excluding tert-OH is 2. The van der Waals surface area contributed by atoms with Crippen molar-refractivity contribution in [2.24, 2.45) is 0 Å². The smallest absolute Gasteiger partial charge is 0.326 e. The van der Waals surface area contributed by atoms with Gasteiger partial charge in [0.05, 0.1) is 29.9 Å². The minimum atomic E-state index is -1.55. The molecule has 11 nitrogen and oxygen atoms in total. The molecule has 12 heteroatoms. The van der Waals surface area contributed by atoms with E-state index in [2.05, 4.69) is 41.9 Å². The van der Waals surface area contributed by atoms with E-state index in [1.54, 1.807) is 31.4 Å². The third-order valence-corrected chi connectivity index (χ3v) is 10.3. The van der Waals surface area contributed by atoms with Gasteiger partial charge in [-0.3, -0.25) is 14.7 Å². The van der Waals surface area contributed by atoms with E-state index >= 15 is 0 Å². The Kier molecular flexibility index (Phi) is 13.3. The fourth-order valence-corrected chi connectivity index (χ4v) is 6.59. The monoisotopic (exact) mass is 742 g/mol. The van der Waals surface area contributed by atoms with E-state index in [9.17, 15) is 25.4 Å². The van der Waals surface area contributed by atoms with Gasteiger partial charge >= 0.3 is 5.97 Å². The van der Waals surface area contributed by atoms with Crippen molar-refractivity contribution >= 4 is 17.6 Å².